The molecule has 1 aromatic carbocycles. The molecular weight excluding hydrogens is 242 g/mol. The first kappa shape index (κ1) is 13.9. The zero-order valence-corrected chi connectivity index (χ0v) is 12.6. The average Bonchev–Trinajstić information content (AvgIpc) is 2.29. The molecule has 0 amide bonds. The molecule has 0 spiro atoms. The molecule has 1 aliphatic heterocycles. The molecule has 1 saturated heterocycles. The second-order valence-corrected chi connectivity index (χ2v) is 5.87. The summed E-state index contributed by atoms with van der Waals surface area (Å²) in [5.41, 5.74) is 4.14. The largest absolute Gasteiger partial charge is 0.302 e. The Labute approximate surface area is 116 Å². The highest BCUT2D eigenvalue weighted by atomic mass is 35.5. The van der Waals surface area contributed by atoms with Crippen LogP contribution in [0.5, 0.6) is 0 Å². The van der Waals surface area contributed by atoms with Crippen LogP contribution in [0.2, 0.25) is 5.02 Å². The van der Waals surface area contributed by atoms with Gasteiger partial charge >= 0.3 is 0 Å². The third-order valence-corrected chi connectivity index (χ3v) is 4.39. The van der Waals surface area contributed by atoms with Gasteiger partial charge < -0.3 is 4.90 Å². The SMILES string of the molecule is CCCCN1CC(c2cc(CC)c(C)cc2Cl)C1. The Balaban J connectivity index is 2.02. The lowest BCUT2D eigenvalue weighted by Crippen LogP contribution is -2.45. The molecule has 0 unspecified atom stereocenters. The average molecular weight is 266 g/mol. The lowest BCUT2D eigenvalue weighted by molar-refractivity contribution is 0.146. The van der Waals surface area contributed by atoms with Crippen molar-refractivity contribution in [1.29, 1.82) is 0 Å². The summed E-state index contributed by atoms with van der Waals surface area (Å²) in [6.45, 7) is 10.2. The zero-order chi connectivity index (χ0) is 13.1. The molecule has 0 saturated carbocycles. The number of unbranched alkanes of at least 4 members (excludes halogenated alkanes) is 1. The van der Waals surface area contributed by atoms with Crippen molar-refractivity contribution in [2.75, 3.05) is 19.6 Å². The Kier molecular flexibility index (Phi) is 4.69. The first-order valence-electron chi connectivity index (χ1n) is 7.17. The summed E-state index contributed by atoms with van der Waals surface area (Å²) in [5, 5.41) is 0.963. The second-order valence-electron chi connectivity index (χ2n) is 5.46. The maximum atomic E-state index is 6.40. The Morgan fingerprint density at radius 3 is 2.61 bits per heavy atom. The van der Waals surface area contributed by atoms with Gasteiger partial charge in [0.2, 0.25) is 0 Å². The number of nitrogens with zero attached hydrogens (tertiary/aromatic N) is 1. The third kappa shape index (κ3) is 2.89. The molecule has 100 valence electrons. The molecule has 1 fully saturated rings. The first-order chi connectivity index (χ1) is 8.65. The number of likely N-dealkylation sites (tertiary alicyclic amines) is 1. The Morgan fingerprint density at radius 2 is 2.00 bits per heavy atom. The van der Waals surface area contributed by atoms with Crippen LogP contribution in [0.1, 0.15) is 49.3 Å². The third-order valence-electron chi connectivity index (χ3n) is 4.06. The van der Waals surface area contributed by atoms with Crippen LogP contribution in [0.25, 0.3) is 0 Å². The van der Waals surface area contributed by atoms with Crippen LogP contribution in [0, 0.1) is 6.92 Å². The summed E-state index contributed by atoms with van der Waals surface area (Å²) in [4.78, 5) is 2.54. The smallest absolute Gasteiger partial charge is 0.0444 e. The molecule has 2 heteroatoms. The van der Waals surface area contributed by atoms with E-state index in [2.05, 4.69) is 37.8 Å². The van der Waals surface area contributed by atoms with E-state index in [1.165, 1.54) is 49.2 Å². The molecule has 18 heavy (non-hydrogen) atoms. The molecule has 0 aliphatic carbocycles. The molecule has 0 radical (unpaired) electrons. The fourth-order valence-corrected chi connectivity index (χ4v) is 3.13. The predicted octanol–water partition coefficient (Wildman–Crippen LogP) is 4.41. The Morgan fingerprint density at radius 1 is 1.28 bits per heavy atom. The monoisotopic (exact) mass is 265 g/mol. The van der Waals surface area contributed by atoms with Crippen molar-refractivity contribution in [3.05, 3.63) is 33.8 Å². The molecule has 0 aromatic heterocycles. The van der Waals surface area contributed by atoms with Crippen molar-refractivity contribution < 1.29 is 0 Å². The number of halogens is 1. The summed E-state index contributed by atoms with van der Waals surface area (Å²) in [6, 6.07) is 4.48. The lowest BCUT2D eigenvalue weighted by Gasteiger charge is -2.40. The van der Waals surface area contributed by atoms with E-state index in [4.69, 9.17) is 11.6 Å². The van der Waals surface area contributed by atoms with Crippen LogP contribution in [0.15, 0.2) is 12.1 Å². The van der Waals surface area contributed by atoms with Crippen molar-refractivity contribution >= 4 is 11.6 Å². The van der Waals surface area contributed by atoms with Gasteiger partial charge in [0, 0.05) is 24.0 Å². The first-order valence-corrected chi connectivity index (χ1v) is 7.54. The van der Waals surface area contributed by atoms with Gasteiger partial charge in [0.05, 0.1) is 0 Å². The second kappa shape index (κ2) is 6.08. The van der Waals surface area contributed by atoms with E-state index in [1.807, 2.05) is 0 Å². The molecule has 2 rings (SSSR count). The number of rotatable bonds is 5. The van der Waals surface area contributed by atoms with Gasteiger partial charge in [-0.15, -0.1) is 0 Å². The Bertz CT molecular complexity index is 408. The van der Waals surface area contributed by atoms with Crippen molar-refractivity contribution in [1.82, 2.24) is 4.90 Å². The predicted molar refractivity (Wildman–Crippen MR) is 79.7 cm³/mol. The van der Waals surface area contributed by atoms with Gasteiger partial charge in [-0.3, -0.25) is 0 Å². The van der Waals surface area contributed by atoms with Gasteiger partial charge in [0.25, 0.3) is 0 Å². The highest BCUT2D eigenvalue weighted by molar-refractivity contribution is 6.31. The summed E-state index contributed by atoms with van der Waals surface area (Å²) < 4.78 is 0. The van der Waals surface area contributed by atoms with E-state index < -0.39 is 0 Å². The normalized spacial score (nSPS) is 16.9. The van der Waals surface area contributed by atoms with Gasteiger partial charge in [0.1, 0.15) is 0 Å². The van der Waals surface area contributed by atoms with Crippen LogP contribution in [0.4, 0.5) is 0 Å². The summed E-state index contributed by atoms with van der Waals surface area (Å²) in [6.07, 6.45) is 3.70. The summed E-state index contributed by atoms with van der Waals surface area (Å²) in [7, 11) is 0. The summed E-state index contributed by atoms with van der Waals surface area (Å²) >= 11 is 6.40. The van der Waals surface area contributed by atoms with E-state index in [0.717, 1.165) is 11.4 Å². The highest BCUT2D eigenvalue weighted by Crippen LogP contribution is 2.34. The minimum Gasteiger partial charge on any atom is -0.302 e. The highest BCUT2D eigenvalue weighted by Gasteiger charge is 2.29. The molecule has 0 bridgehead atoms. The van der Waals surface area contributed by atoms with E-state index in [9.17, 15) is 0 Å². The van der Waals surface area contributed by atoms with Crippen LogP contribution in [-0.2, 0) is 6.42 Å². The number of aryl methyl sites for hydroxylation is 2. The number of hydrogen-bond donors (Lipinski definition) is 0. The molecule has 1 heterocycles. The number of hydrogen-bond acceptors (Lipinski definition) is 1. The van der Waals surface area contributed by atoms with E-state index in [0.29, 0.717) is 5.92 Å². The molecule has 0 N–H and O–H groups in total. The van der Waals surface area contributed by atoms with Gasteiger partial charge in [0.15, 0.2) is 0 Å². The van der Waals surface area contributed by atoms with Crippen LogP contribution < -0.4 is 0 Å². The molecular formula is C16H24ClN. The molecule has 1 aliphatic rings. The standard InChI is InChI=1S/C16H24ClN/c1-4-6-7-18-10-14(11-18)15-9-13(5-2)12(3)8-16(15)17/h8-9,14H,4-7,10-11H2,1-3H3. The summed E-state index contributed by atoms with van der Waals surface area (Å²) in [5.74, 6) is 0.653. The maximum absolute atomic E-state index is 6.40. The fourth-order valence-electron chi connectivity index (χ4n) is 2.76. The van der Waals surface area contributed by atoms with E-state index in [1.54, 1.807) is 0 Å². The van der Waals surface area contributed by atoms with Crippen molar-refractivity contribution in [3.63, 3.8) is 0 Å². The molecule has 0 atom stereocenters. The van der Waals surface area contributed by atoms with E-state index in [-0.39, 0.29) is 0 Å². The van der Waals surface area contributed by atoms with Gasteiger partial charge in [-0.05, 0) is 49.1 Å². The quantitative estimate of drug-likeness (QED) is 0.762. The lowest BCUT2D eigenvalue weighted by atomic mass is 9.88. The van der Waals surface area contributed by atoms with Gasteiger partial charge in [-0.2, -0.15) is 0 Å². The maximum Gasteiger partial charge on any atom is 0.0444 e. The van der Waals surface area contributed by atoms with E-state index >= 15 is 0 Å². The topological polar surface area (TPSA) is 3.24 Å². The van der Waals surface area contributed by atoms with Crippen molar-refractivity contribution in [2.45, 2.75) is 46.0 Å². The minimum absolute atomic E-state index is 0.653. The van der Waals surface area contributed by atoms with Crippen LogP contribution in [0.3, 0.4) is 0 Å². The molecule has 1 aromatic rings. The Hall–Kier alpha value is -0.530. The van der Waals surface area contributed by atoms with Crippen LogP contribution in [-0.4, -0.2) is 24.5 Å². The zero-order valence-electron chi connectivity index (χ0n) is 11.8. The number of benzene rings is 1. The fraction of sp³-hybridized carbons (Fsp3) is 0.625. The molecule has 1 nitrogen and oxygen atoms in total. The van der Waals surface area contributed by atoms with Crippen molar-refractivity contribution in [2.24, 2.45) is 0 Å². The van der Waals surface area contributed by atoms with Crippen molar-refractivity contribution in [3.8, 4) is 0 Å². The van der Waals surface area contributed by atoms with Gasteiger partial charge in [-0.1, -0.05) is 37.9 Å². The van der Waals surface area contributed by atoms with Gasteiger partial charge in [-0.25, -0.2) is 0 Å². The minimum atomic E-state index is 0.653. The van der Waals surface area contributed by atoms with Crippen LogP contribution >= 0.6 is 11.6 Å².